The number of nitrogens with one attached hydrogen (secondary N) is 1. The maximum Gasteiger partial charge on any atom is 0.322 e. The van der Waals surface area contributed by atoms with Gasteiger partial charge in [0, 0.05) is 17.4 Å². The molecule has 0 radical (unpaired) electrons. The van der Waals surface area contributed by atoms with E-state index in [2.05, 4.69) is 43.2 Å². The number of hydrogen-bond acceptors (Lipinski definition) is 3. The zero-order chi connectivity index (χ0) is 18.0. The molecule has 1 aliphatic heterocycles. The Labute approximate surface area is 149 Å². The number of rotatable bonds is 3. The van der Waals surface area contributed by atoms with Gasteiger partial charge in [-0.3, -0.25) is 0 Å². The van der Waals surface area contributed by atoms with Crippen LogP contribution in [0.15, 0.2) is 42.5 Å². The van der Waals surface area contributed by atoms with Crippen molar-refractivity contribution in [2.24, 2.45) is 0 Å². The zero-order valence-corrected chi connectivity index (χ0v) is 15.2. The quantitative estimate of drug-likeness (QED) is 0.920. The molecule has 2 heterocycles. The maximum atomic E-state index is 12.3. The molecule has 1 aliphatic rings. The van der Waals surface area contributed by atoms with E-state index in [0.717, 1.165) is 11.4 Å². The average molecular weight is 339 g/mol. The topological polar surface area (TPSA) is 54.5 Å². The molecule has 0 unspecified atom stereocenters. The molecule has 0 atom stereocenters. The van der Waals surface area contributed by atoms with E-state index in [1.807, 2.05) is 37.3 Å². The first-order valence-corrected chi connectivity index (χ1v) is 8.58. The van der Waals surface area contributed by atoms with Crippen molar-refractivity contribution < 1.29 is 9.53 Å². The SMILES string of the molecule is Cc1cccc(OC2CN(C(=O)Nc3ccc(C(C)(C)C)cc3)C2)n1. The number of aryl methyl sites for hydroxylation is 1. The number of benzene rings is 1. The molecule has 132 valence electrons. The second-order valence-electron chi connectivity index (χ2n) is 7.52. The molecule has 2 aromatic rings. The smallest absolute Gasteiger partial charge is 0.322 e. The average Bonchev–Trinajstić information content (AvgIpc) is 2.50. The van der Waals surface area contributed by atoms with E-state index in [9.17, 15) is 4.79 Å². The highest BCUT2D eigenvalue weighted by Crippen LogP contribution is 2.24. The van der Waals surface area contributed by atoms with Crippen LogP contribution in [0.2, 0.25) is 0 Å². The van der Waals surface area contributed by atoms with Crippen molar-refractivity contribution >= 4 is 11.7 Å². The van der Waals surface area contributed by atoms with Crippen molar-refractivity contribution in [3.05, 3.63) is 53.7 Å². The third-order valence-electron chi connectivity index (χ3n) is 4.29. The van der Waals surface area contributed by atoms with Crippen molar-refractivity contribution in [3.63, 3.8) is 0 Å². The minimum absolute atomic E-state index is 0.00307. The Bertz CT molecular complexity index is 744. The van der Waals surface area contributed by atoms with Gasteiger partial charge in [-0.05, 0) is 36.1 Å². The summed E-state index contributed by atoms with van der Waals surface area (Å²) in [5.74, 6) is 0.614. The van der Waals surface area contributed by atoms with Crippen molar-refractivity contribution in [2.45, 2.75) is 39.2 Å². The Morgan fingerprint density at radius 3 is 2.44 bits per heavy atom. The number of amides is 2. The van der Waals surface area contributed by atoms with Gasteiger partial charge < -0.3 is 15.0 Å². The summed E-state index contributed by atoms with van der Waals surface area (Å²) in [6, 6.07) is 13.6. The number of anilines is 1. The highest BCUT2D eigenvalue weighted by molar-refractivity contribution is 5.89. The van der Waals surface area contributed by atoms with Gasteiger partial charge in [-0.25, -0.2) is 9.78 Å². The normalized spacial score (nSPS) is 14.8. The maximum absolute atomic E-state index is 12.3. The van der Waals surface area contributed by atoms with Crippen molar-refractivity contribution in [1.82, 2.24) is 9.88 Å². The minimum atomic E-state index is -0.0967. The van der Waals surface area contributed by atoms with Crippen LogP contribution in [0.25, 0.3) is 0 Å². The number of hydrogen-bond donors (Lipinski definition) is 1. The molecule has 3 rings (SSSR count). The van der Waals surface area contributed by atoms with Crippen LogP contribution in [0.1, 0.15) is 32.0 Å². The summed E-state index contributed by atoms with van der Waals surface area (Å²) in [4.78, 5) is 18.3. The van der Waals surface area contributed by atoms with Crippen LogP contribution in [-0.4, -0.2) is 35.1 Å². The van der Waals surface area contributed by atoms with Gasteiger partial charge >= 0.3 is 6.03 Å². The fraction of sp³-hybridized carbons (Fsp3) is 0.400. The second-order valence-corrected chi connectivity index (χ2v) is 7.52. The number of ether oxygens (including phenoxy) is 1. The Balaban J connectivity index is 1.49. The Morgan fingerprint density at radius 2 is 1.84 bits per heavy atom. The van der Waals surface area contributed by atoms with E-state index in [4.69, 9.17) is 4.74 Å². The third kappa shape index (κ3) is 4.29. The molecule has 1 fully saturated rings. The molecule has 0 aliphatic carbocycles. The molecule has 0 saturated carbocycles. The second kappa shape index (κ2) is 6.75. The van der Waals surface area contributed by atoms with Crippen LogP contribution < -0.4 is 10.1 Å². The van der Waals surface area contributed by atoms with Crippen LogP contribution in [0.3, 0.4) is 0 Å². The van der Waals surface area contributed by atoms with E-state index in [-0.39, 0.29) is 17.6 Å². The molecule has 1 saturated heterocycles. The zero-order valence-electron chi connectivity index (χ0n) is 15.2. The first-order valence-electron chi connectivity index (χ1n) is 8.58. The number of aromatic nitrogens is 1. The molecule has 2 amide bonds. The Kier molecular flexibility index (Phi) is 4.66. The summed E-state index contributed by atoms with van der Waals surface area (Å²) >= 11 is 0. The first-order chi connectivity index (χ1) is 11.8. The van der Waals surface area contributed by atoms with Crippen molar-refractivity contribution in [2.75, 3.05) is 18.4 Å². The standard InChI is InChI=1S/C20H25N3O2/c1-14-6-5-7-18(21-14)25-17-12-23(13-17)19(24)22-16-10-8-15(9-11-16)20(2,3)4/h5-11,17H,12-13H2,1-4H3,(H,22,24). The predicted octanol–water partition coefficient (Wildman–Crippen LogP) is 3.98. The van der Waals surface area contributed by atoms with Gasteiger partial charge in [0.05, 0.1) is 13.1 Å². The highest BCUT2D eigenvalue weighted by atomic mass is 16.5. The van der Waals surface area contributed by atoms with Gasteiger partial charge in [0.2, 0.25) is 5.88 Å². The molecular formula is C20H25N3O2. The summed E-state index contributed by atoms with van der Waals surface area (Å²) in [5.41, 5.74) is 3.08. The number of nitrogens with zero attached hydrogens (tertiary/aromatic N) is 2. The molecule has 5 nitrogen and oxygen atoms in total. The lowest BCUT2D eigenvalue weighted by atomic mass is 9.87. The largest absolute Gasteiger partial charge is 0.471 e. The van der Waals surface area contributed by atoms with Crippen LogP contribution >= 0.6 is 0 Å². The summed E-state index contributed by atoms with van der Waals surface area (Å²) in [6.07, 6.45) is 0.00307. The van der Waals surface area contributed by atoms with E-state index >= 15 is 0 Å². The van der Waals surface area contributed by atoms with Gasteiger partial charge in [-0.1, -0.05) is 39.0 Å². The van der Waals surface area contributed by atoms with Crippen molar-refractivity contribution in [3.8, 4) is 5.88 Å². The molecule has 5 heteroatoms. The van der Waals surface area contributed by atoms with E-state index in [0.29, 0.717) is 19.0 Å². The van der Waals surface area contributed by atoms with Crippen LogP contribution in [-0.2, 0) is 5.41 Å². The van der Waals surface area contributed by atoms with Gasteiger partial charge in [0.15, 0.2) is 0 Å². The number of carbonyl (C=O) groups is 1. The summed E-state index contributed by atoms with van der Waals surface area (Å²) in [7, 11) is 0. The van der Waals surface area contributed by atoms with Gasteiger partial charge in [0.1, 0.15) is 6.10 Å². The molecule has 0 bridgehead atoms. The van der Waals surface area contributed by atoms with E-state index < -0.39 is 0 Å². The van der Waals surface area contributed by atoms with Crippen LogP contribution in [0.5, 0.6) is 5.88 Å². The summed E-state index contributed by atoms with van der Waals surface area (Å²) in [6.45, 7) is 9.58. The van der Waals surface area contributed by atoms with Gasteiger partial charge in [0.25, 0.3) is 0 Å². The summed E-state index contributed by atoms with van der Waals surface area (Å²) in [5, 5.41) is 2.93. The molecule has 25 heavy (non-hydrogen) atoms. The Morgan fingerprint density at radius 1 is 1.16 bits per heavy atom. The summed E-state index contributed by atoms with van der Waals surface area (Å²) < 4.78 is 5.78. The Hall–Kier alpha value is -2.56. The fourth-order valence-electron chi connectivity index (χ4n) is 2.69. The predicted molar refractivity (Wildman–Crippen MR) is 99.1 cm³/mol. The first kappa shape index (κ1) is 17.3. The minimum Gasteiger partial charge on any atom is -0.471 e. The van der Waals surface area contributed by atoms with E-state index in [1.54, 1.807) is 4.90 Å². The van der Waals surface area contributed by atoms with Crippen molar-refractivity contribution in [1.29, 1.82) is 0 Å². The molecular weight excluding hydrogens is 314 g/mol. The van der Waals surface area contributed by atoms with Crippen LogP contribution in [0.4, 0.5) is 10.5 Å². The number of pyridine rings is 1. The molecule has 0 spiro atoms. The lowest BCUT2D eigenvalue weighted by Crippen LogP contribution is -2.57. The molecule has 1 aromatic carbocycles. The number of urea groups is 1. The number of carbonyl (C=O) groups excluding carboxylic acids is 1. The third-order valence-corrected chi connectivity index (χ3v) is 4.29. The van der Waals surface area contributed by atoms with Gasteiger partial charge in [-0.2, -0.15) is 0 Å². The van der Waals surface area contributed by atoms with Gasteiger partial charge in [-0.15, -0.1) is 0 Å². The molecule has 1 N–H and O–H groups in total. The highest BCUT2D eigenvalue weighted by Gasteiger charge is 2.32. The monoisotopic (exact) mass is 339 g/mol. The lowest BCUT2D eigenvalue weighted by Gasteiger charge is -2.38. The van der Waals surface area contributed by atoms with Crippen LogP contribution in [0, 0.1) is 6.92 Å². The number of likely N-dealkylation sites (tertiary alicyclic amines) is 1. The fourth-order valence-corrected chi connectivity index (χ4v) is 2.69. The molecule has 1 aromatic heterocycles. The van der Waals surface area contributed by atoms with E-state index in [1.165, 1.54) is 5.56 Å². The lowest BCUT2D eigenvalue weighted by molar-refractivity contribution is 0.0460.